The molecule has 34 heteroatoms. The average Bonchev–Trinajstić information content (AvgIpc) is 0.843. The second kappa shape index (κ2) is 73.7. The molecule has 98 heavy (non-hydrogen) atoms. The smallest absolute Gasteiger partial charge is 0.344 e. The highest BCUT2D eigenvalue weighted by Gasteiger charge is 2.41. The number of esters is 12. The molecule has 34 nitrogen and oxygen atoms in total. The number of carbonyl (C=O) groups is 12. The van der Waals surface area contributed by atoms with Gasteiger partial charge in [-0.3, -0.25) is 29.1 Å². The molecule has 0 aromatic rings. The Bertz CT molecular complexity index is 1920. The largest absolute Gasteiger partial charge is 0.462 e. The van der Waals surface area contributed by atoms with Crippen LogP contribution in [0.25, 0.3) is 0 Å². The minimum Gasteiger partial charge on any atom is -0.462 e. The van der Waals surface area contributed by atoms with Crippen molar-refractivity contribution in [1.82, 2.24) is 14.7 Å². The molecule has 0 heterocycles. The van der Waals surface area contributed by atoms with E-state index in [-0.39, 0.29) is 207 Å². The van der Waals surface area contributed by atoms with Gasteiger partial charge in [-0.15, -0.1) is 0 Å². The van der Waals surface area contributed by atoms with Crippen LogP contribution >= 0.6 is 0 Å². The minimum absolute atomic E-state index is 0. The number of aliphatic hydroxyl groups is 6. The maximum absolute atomic E-state index is 13.3. The molecule has 0 aromatic carbocycles. The van der Waals surface area contributed by atoms with Crippen LogP contribution in [0.2, 0.25) is 0 Å². The number of ether oxygens (including phenoxy) is 13. The lowest BCUT2D eigenvalue weighted by Crippen LogP contribution is -2.48. The molecule has 0 spiro atoms. The lowest BCUT2D eigenvalue weighted by molar-refractivity contribution is -0.184. The van der Waals surface area contributed by atoms with Crippen LogP contribution in [0.1, 0.15) is 108 Å². The predicted molar refractivity (Wildman–Crippen MR) is 364 cm³/mol. The second-order valence-electron chi connectivity index (χ2n) is 18.0. The first-order valence-electron chi connectivity index (χ1n) is 26.3. The van der Waals surface area contributed by atoms with E-state index >= 15 is 0 Å². The Morgan fingerprint density at radius 1 is 0.255 bits per heavy atom. The van der Waals surface area contributed by atoms with E-state index in [4.69, 9.17) is 61.6 Å². The zero-order chi connectivity index (χ0) is 64.6. The third-order valence-corrected chi connectivity index (χ3v) is 11.0. The molecule has 0 aliphatic rings. The Morgan fingerprint density at radius 2 is 0.429 bits per heavy atom. The van der Waals surface area contributed by atoms with Crippen LogP contribution in [0.4, 0.5) is 0 Å². The molecule has 6 N–H and O–H groups in total. The van der Waals surface area contributed by atoms with Gasteiger partial charge in [-0.1, -0.05) is 109 Å². The van der Waals surface area contributed by atoms with Gasteiger partial charge < -0.3 is 92.2 Å². The molecular formula is C64H127N3O31. The zero-order valence-electron chi connectivity index (χ0n) is 47.7. The maximum atomic E-state index is 13.3. The molecule has 0 saturated heterocycles. The van der Waals surface area contributed by atoms with Crippen molar-refractivity contribution in [3.8, 4) is 0 Å². The van der Waals surface area contributed by atoms with Crippen molar-refractivity contribution in [2.24, 2.45) is 10.8 Å². The number of carbonyl (C=O) groups excluding carboxylic acids is 12. The summed E-state index contributed by atoms with van der Waals surface area (Å²) in [4.78, 5) is 156. The molecule has 0 unspecified atom stereocenters. The van der Waals surface area contributed by atoms with E-state index < -0.39 is 175 Å². The zero-order valence-corrected chi connectivity index (χ0v) is 47.7. The molecule has 0 atom stereocenters. The third kappa shape index (κ3) is 60.8. The van der Waals surface area contributed by atoms with E-state index in [1.54, 1.807) is 0 Å². The normalized spacial score (nSPS) is 9.77. The Morgan fingerprint density at radius 3 is 0.592 bits per heavy atom. The van der Waals surface area contributed by atoms with Crippen LogP contribution < -0.4 is 0 Å². The summed E-state index contributed by atoms with van der Waals surface area (Å²) in [5, 5.41) is 55.9. The van der Waals surface area contributed by atoms with Crippen molar-refractivity contribution in [3.63, 3.8) is 0 Å². The van der Waals surface area contributed by atoms with Crippen molar-refractivity contribution < 1.29 is 150 Å². The molecule has 0 saturated carbocycles. The van der Waals surface area contributed by atoms with Crippen molar-refractivity contribution >= 4 is 71.6 Å². The number of aliphatic hydroxyl groups excluding tert-OH is 6. The summed E-state index contributed by atoms with van der Waals surface area (Å²) in [6.45, 7) is -6.00. The van der Waals surface area contributed by atoms with Gasteiger partial charge in [0.1, 0.15) is 39.6 Å². The first-order chi connectivity index (χ1) is 41.1. The van der Waals surface area contributed by atoms with Gasteiger partial charge >= 0.3 is 71.6 Å². The van der Waals surface area contributed by atoms with Crippen molar-refractivity contribution in [3.05, 3.63) is 38.0 Å². The van der Waals surface area contributed by atoms with Crippen LogP contribution in [-0.2, 0) is 119 Å². The van der Waals surface area contributed by atoms with Gasteiger partial charge in [0, 0.05) is 77.1 Å². The number of nitrogens with zero attached hydrogens (tertiary/aromatic N) is 3. The van der Waals surface area contributed by atoms with Gasteiger partial charge in [0.15, 0.2) is 39.6 Å². The maximum Gasteiger partial charge on any atom is 0.344 e. The van der Waals surface area contributed by atoms with E-state index in [1.807, 2.05) is 0 Å². The van der Waals surface area contributed by atoms with Gasteiger partial charge in [-0.25, -0.2) is 43.2 Å². The van der Waals surface area contributed by atoms with Crippen LogP contribution in [0, 0.1) is 10.8 Å². The van der Waals surface area contributed by atoms with E-state index in [2.05, 4.69) is 19.7 Å². The summed E-state index contributed by atoms with van der Waals surface area (Å²) in [6.07, 6.45) is 1.16. The molecule has 0 aromatic heterocycles. The fourth-order valence-electron chi connectivity index (χ4n) is 6.44. The summed E-state index contributed by atoms with van der Waals surface area (Å²) in [5.74, 6) is -13.7. The van der Waals surface area contributed by atoms with Crippen molar-refractivity contribution in [1.29, 1.82) is 0 Å². The molecule has 0 aliphatic carbocycles. The van der Waals surface area contributed by atoms with Gasteiger partial charge in [0.05, 0.1) is 82.9 Å². The fraction of sp³-hybridized carbons (Fsp3) is 0.719. The standard InChI is InChI=1S/C52H79N3O31.12CH4/c1-4-39(62)75-25-45(68)81-33-51(34-82-46(69)26-76-40(63)5-2,35-83-47(70)27-77-41(64)6-3)31-74-32-52(36-84-48(71)28-78-42(65)7-10-53(13-19-56)14-20-57,37-85-49(72)29-79-43(66)8-11-54(15-21-58)16-22-59)38-86-50(73)30-80-44(67)9-12-55(17-23-60)18-24-61;;;;;;;;;;;;/h4-6,56-61H,1-3,7-38H2;12*1H4. The number of rotatable bonds is 52. The van der Waals surface area contributed by atoms with E-state index in [9.17, 15) is 88.2 Å². The van der Waals surface area contributed by atoms with E-state index in [0.29, 0.717) is 0 Å². The highest BCUT2D eigenvalue weighted by atomic mass is 16.6. The van der Waals surface area contributed by atoms with Gasteiger partial charge in [0.25, 0.3) is 0 Å². The summed E-state index contributed by atoms with van der Waals surface area (Å²) in [6, 6.07) is 0. The first-order valence-corrected chi connectivity index (χ1v) is 26.3. The SMILES string of the molecule is C.C.C.C.C.C.C.C.C.C.C.C.C=CC(=O)OCC(=O)OCC(COCC(COC(=O)COC(=O)CCN(CCO)CCO)(COC(=O)COC(=O)CCN(CCO)CCO)COC(=O)COC(=O)CCN(CCO)CCO)(COC(=O)COC(=O)C=C)COC(=O)COC(=O)C=C. The van der Waals surface area contributed by atoms with E-state index in [1.165, 1.54) is 14.7 Å². The second-order valence-corrected chi connectivity index (χ2v) is 18.0. The van der Waals surface area contributed by atoms with Crippen LogP contribution in [-0.4, -0.2) is 308 Å². The first kappa shape index (κ1) is 121. The molecule has 0 rings (SSSR count). The fourth-order valence-corrected chi connectivity index (χ4v) is 6.44. The Labute approximate surface area is 582 Å². The van der Waals surface area contributed by atoms with Crippen molar-refractivity contribution in [2.45, 2.75) is 108 Å². The molecule has 0 aliphatic heterocycles. The monoisotopic (exact) mass is 1430 g/mol. The molecule has 0 radical (unpaired) electrons. The molecular weight excluding hydrogens is 1310 g/mol. The van der Waals surface area contributed by atoms with Gasteiger partial charge in [-0.2, -0.15) is 0 Å². The lowest BCUT2D eigenvalue weighted by Gasteiger charge is -2.35. The molecule has 0 fully saturated rings. The lowest BCUT2D eigenvalue weighted by atomic mass is 9.90. The van der Waals surface area contributed by atoms with Crippen LogP contribution in [0.5, 0.6) is 0 Å². The summed E-state index contributed by atoms with van der Waals surface area (Å²) in [5.41, 5.74) is -4.30. The van der Waals surface area contributed by atoms with Gasteiger partial charge in [-0.05, 0) is 0 Å². The highest BCUT2D eigenvalue weighted by Crippen LogP contribution is 2.26. The summed E-state index contributed by atoms with van der Waals surface area (Å²) in [7, 11) is 0. The average molecular weight is 1430 g/mol. The highest BCUT2D eigenvalue weighted by molar-refractivity contribution is 5.85. The van der Waals surface area contributed by atoms with Crippen LogP contribution in [0.3, 0.4) is 0 Å². The topological polar surface area (TPSA) is 456 Å². The molecule has 584 valence electrons. The number of hydrogen-bond donors (Lipinski definition) is 6. The summed E-state index contributed by atoms with van der Waals surface area (Å²) >= 11 is 0. The molecule has 0 bridgehead atoms. The summed E-state index contributed by atoms with van der Waals surface area (Å²) < 4.78 is 67.5. The van der Waals surface area contributed by atoms with Crippen LogP contribution in [0.15, 0.2) is 38.0 Å². The third-order valence-electron chi connectivity index (χ3n) is 11.0. The number of hydrogen-bond acceptors (Lipinski definition) is 34. The van der Waals surface area contributed by atoms with Gasteiger partial charge in [0.2, 0.25) is 0 Å². The molecule has 0 amide bonds. The predicted octanol–water partition coefficient (Wildman–Crippen LogP) is 1.72. The van der Waals surface area contributed by atoms with E-state index in [0.717, 1.165) is 18.2 Å². The Balaban J connectivity index is -0.000000547. The Hall–Kier alpha value is -7.54. The Kier molecular flexibility index (Phi) is 90.7. The minimum atomic E-state index is -2.18. The quantitative estimate of drug-likeness (QED) is 0.0287. The van der Waals surface area contributed by atoms with Crippen molar-refractivity contribution in [2.75, 3.05) is 191 Å².